The Morgan fingerprint density at radius 1 is 1.22 bits per heavy atom. The number of anilines is 1. The highest BCUT2D eigenvalue weighted by Gasteiger charge is 2.26. The Balaban J connectivity index is 2.27. The number of pyridine rings is 1. The zero-order valence-electron chi connectivity index (χ0n) is 13.3. The van der Waals surface area contributed by atoms with Crippen LogP contribution in [0.1, 0.15) is 12.5 Å². The molecule has 0 saturated heterocycles. The maximum atomic E-state index is 12.9. The fraction of sp³-hybridized carbons (Fsp3) is 0.312. The van der Waals surface area contributed by atoms with Gasteiger partial charge in [-0.25, -0.2) is 8.42 Å². The van der Waals surface area contributed by atoms with E-state index >= 15 is 0 Å². The maximum absolute atomic E-state index is 12.9. The second-order valence-corrected chi connectivity index (χ2v) is 6.92. The van der Waals surface area contributed by atoms with Crippen molar-refractivity contribution in [1.29, 1.82) is 0 Å². The van der Waals surface area contributed by atoms with Crippen molar-refractivity contribution in [3.63, 3.8) is 0 Å². The summed E-state index contributed by atoms with van der Waals surface area (Å²) < 4.78 is 32.4. The molecule has 0 saturated carbocycles. The number of likely N-dealkylation sites (N-methyl/N-ethyl adjacent to an activating group) is 1. The average molecular weight is 335 g/mol. The number of nitrogen functional groups attached to an aromatic ring is 1. The lowest BCUT2D eigenvalue weighted by atomic mass is 10.2. The molecule has 2 N–H and O–H groups in total. The third-order valence-electron chi connectivity index (χ3n) is 3.56. The van der Waals surface area contributed by atoms with Crippen molar-refractivity contribution in [3.05, 3.63) is 48.3 Å². The Labute approximate surface area is 137 Å². The lowest BCUT2D eigenvalue weighted by Crippen LogP contribution is -2.33. The van der Waals surface area contributed by atoms with E-state index in [-0.39, 0.29) is 4.90 Å². The minimum Gasteiger partial charge on any atom is -0.495 e. The summed E-state index contributed by atoms with van der Waals surface area (Å²) in [5.41, 5.74) is 7.16. The van der Waals surface area contributed by atoms with E-state index in [1.165, 1.54) is 17.5 Å². The van der Waals surface area contributed by atoms with Crippen molar-refractivity contribution >= 4 is 15.7 Å². The third kappa shape index (κ3) is 4.00. The number of rotatable bonds is 7. The van der Waals surface area contributed by atoms with Crippen LogP contribution in [0.5, 0.6) is 5.75 Å². The minimum absolute atomic E-state index is 0.0941. The minimum atomic E-state index is -3.67. The van der Waals surface area contributed by atoms with Crippen LogP contribution in [-0.4, -0.2) is 37.9 Å². The van der Waals surface area contributed by atoms with Crippen molar-refractivity contribution in [2.24, 2.45) is 0 Å². The van der Waals surface area contributed by atoms with Crippen LogP contribution >= 0.6 is 0 Å². The van der Waals surface area contributed by atoms with Gasteiger partial charge in [0.05, 0.1) is 7.11 Å². The van der Waals surface area contributed by atoms with Crippen molar-refractivity contribution < 1.29 is 13.2 Å². The summed E-state index contributed by atoms with van der Waals surface area (Å²) >= 11 is 0. The first-order chi connectivity index (χ1) is 11.0. The number of sulfonamides is 1. The smallest absolute Gasteiger partial charge is 0.246 e. The van der Waals surface area contributed by atoms with E-state index in [2.05, 4.69) is 4.98 Å². The topological polar surface area (TPSA) is 85.5 Å². The van der Waals surface area contributed by atoms with Crippen LogP contribution in [0.25, 0.3) is 0 Å². The molecule has 124 valence electrons. The van der Waals surface area contributed by atoms with Crippen LogP contribution in [0.2, 0.25) is 0 Å². The fourth-order valence-corrected chi connectivity index (χ4v) is 3.93. The van der Waals surface area contributed by atoms with Gasteiger partial charge in [-0.1, -0.05) is 6.92 Å². The summed E-state index contributed by atoms with van der Waals surface area (Å²) in [6.07, 6.45) is 4.00. The summed E-state index contributed by atoms with van der Waals surface area (Å²) in [5, 5.41) is 0. The molecule has 23 heavy (non-hydrogen) atoms. The predicted octanol–water partition coefficient (Wildman–Crippen LogP) is 1.93. The molecule has 0 aliphatic rings. The lowest BCUT2D eigenvalue weighted by molar-refractivity contribution is 0.393. The van der Waals surface area contributed by atoms with Crippen LogP contribution in [0.4, 0.5) is 5.69 Å². The number of methoxy groups -OCH3 is 1. The molecule has 6 nitrogen and oxygen atoms in total. The fourth-order valence-electron chi connectivity index (χ4n) is 2.29. The van der Waals surface area contributed by atoms with E-state index in [0.717, 1.165) is 5.56 Å². The van der Waals surface area contributed by atoms with Crippen LogP contribution in [-0.2, 0) is 16.4 Å². The molecular formula is C16H21N3O3S. The van der Waals surface area contributed by atoms with E-state index < -0.39 is 10.0 Å². The van der Waals surface area contributed by atoms with Gasteiger partial charge in [0.25, 0.3) is 0 Å². The number of nitrogens with two attached hydrogens (primary N) is 1. The zero-order valence-corrected chi connectivity index (χ0v) is 14.1. The number of hydrogen-bond donors (Lipinski definition) is 1. The zero-order chi connectivity index (χ0) is 16.9. The number of benzene rings is 1. The van der Waals surface area contributed by atoms with Gasteiger partial charge in [-0.2, -0.15) is 4.31 Å². The number of aromatic nitrogens is 1. The first-order valence-corrected chi connectivity index (χ1v) is 8.75. The third-order valence-corrected chi connectivity index (χ3v) is 5.55. The summed E-state index contributed by atoms with van der Waals surface area (Å²) in [7, 11) is -2.23. The van der Waals surface area contributed by atoms with Gasteiger partial charge in [-0.3, -0.25) is 4.98 Å². The van der Waals surface area contributed by atoms with Gasteiger partial charge in [0.2, 0.25) is 10.0 Å². The summed E-state index contributed by atoms with van der Waals surface area (Å²) in [4.78, 5) is 4.05. The van der Waals surface area contributed by atoms with E-state index in [1.807, 2.05) is 19.1 Å². The van der Waals surface area contributed by atoms with Gasteiger partial charge in [0, 0.05) is 31.2 Å². The monoisotopic (exact) mass is 335 g/mol. The molecule has 1 heterocycles. The van der Waals surface area contributed by atoms with Crippen molar-refractivity contribution in [3.8, 4) is 5.75 Å². The quantitative estimate of drug-likeness (QED) is 0.781. The van der Waals surface area contributed by atoms with Crippen LogP contribution in [0.3, 0.4) is 0 Å². The summed E-state index contributed by atoms with van der Waals surface area (Å²) in [6, 6.07) is 8.37. The second kappa shape index (κ2) is 7.43. The van der Waals surface area contributed by atoms with Crippen molar-refractivity contribution in [1.82, 2.24) is 9.29 Å². The lowest BCUT2D eigenvalue weighted by Gasteiger charge is -2.22. The van der Waals surface area contributed by atoms with Crippen LogP contribution in [0.15, 0.2) is 47.6 Å². The summed E-state index contributed by atoms with van der Waals surface area (Å²) in [5.74, 6) is 0.293. The SMILES string of the molecule is CCN(CCc1ccncc1)S(=O)(=O)c1cc(N)ccc1OC. The first-order valence-electron chi connectivity index (χ1n) is 7.31. The van der Waals surface area contributed by atoms with Gasteiger partial charge in [-0.05, 0) is 42.3 Å². The predicted molar refractivity (Wildman–Crippen MR) is 89.8 cm³/mol. The Hall–Kier alpha value is -2.12. The molecular weight excluding hydrogens is 314 g/mol. The van der Waals surface area contributed by atoms with Gasteiger partial charge < -0.3 is 10.5 Å². The summed E-state index contributed by atoms with van der Waals surface area (Å²) in [6.45, 7) is 2.55. The normalized spacial score (nSPS) is 11.6. The highest BCUT2D eigenvalue weighted by Crippen LogP contribution is 2.28. The van der Waals surface area contributed by atoms with E-state index in [1.54, 1.807) is 24.5 Å². The molecule has 0 aliphatic heterocycles. The molecule has 0 amide bonds. The molecule has 7 heteroatoms. The molecule has 2 rings (SSSR count). The van der Waals surface area contributed by atoms with Crippen LogP contribution < -0.4 is 10.5 Å². The van der Waals surface area contributed by atoms with Gasteiger partial charge >= 0.3 is 0 Å². The van der Waals surface area contributed by atoms with E-state index in [9.17, 15) is 8.42 Å². The number of ether oxygens (including phenoxy) is 1. The van der Waals surface area contributed by atoms with Crippen molar-refractivity contribution in [2.75, 3.05) is 25.9 Å². The largest absolute Gasteiger partial charge is 0.495 e. The number of hydrogen-bond acceptors (Lipinski definition) is 5. The Morgan fingerprint density at radius 3 is 2.52 bits per heavy atom. The van der Waals surface area contributed by atoms with Gasteiger partial charge in [0.1, 0.15) is 10.6 Å². The Bertz CT molecular complexity index is 748. The highest BCUT2D eigenvalue weighted by atomic mass is 32.2. The Morgan fingerprint density at radius 2 is 1.91 bits per heavy atom. The van der Waals surface area contributed by atoms with Crippen LogP contribution in [0, 0.1) is 0 Å². The molecule has 0 unspecified atom stereocenters. The molecule has 0 bridgehead atoms. The number of nitrogens with zero attached hydrogens (tertiary/aromatic N) is 2. The molecule has 2 aromatic rings. The van der Waals surface area contributed by atoms with E-state index in [0.29, 0.717) is 30.9 Å². The molecule has 0 spiro atoms. The van der Waals surface area contributed by atoms with Gasteiger partial charge in [0.15, 0.2) is 0 Å². The average Bonchev–Trinajstić information content (AvgIpc) is 2.56. The van der Waals surface area contributed by atoms with E-state index in [4.69, 9.17) is 10.5 Å². The Kier molecular flexibility index (Phi) is 5.57. The highest BCUT2D eigenvalue weighted by molar-refractivity contribution is 7.89. The van der Waals surface area contributed by atoms with Crippen molar-refractivity contribution in [2.45, 2.75) is 18.2 Å². The molecule has 1 aromatic carbocycles. The molecule has 0 aliphatic carbocycles. The first kappa shape index (κ1) is 17.2. The van der Waals surface area contributed by atoms with Gasteiger partial charge in [-0.15, -0.1) is 0 Å². The molecule has 0 fully saturated rings. The molecule has 0 radical (unpaired) electrons. The molecule has 1 aromatic heterocycles. The maximum Gasteiger partial charge on any atom is 0.246 e. The second-order valence-electron chi connectivity index (χ2n) is 5.01. The molecule has 0 atom stereocenters. The standard InChI is InChI=1S/C16H21N3O3S/c1-3-19(11-8-13-6-9-18-10-7-13)23(20,21)16-12-14(17)4-5-15(16)22-2/h4-7,9-10,12H,3,8,11,17H2,1-2H3.